The second kappa shape index (κ2) is 42.1. The minimum atomic E-state index is -4.43. The molecule has 340 valence electrons. The smallest absolute Gasteiger partial charge is 0.462 e. The van der Waals surface area contributed by atoms with Gasteiger partial charge in [-0.25, -0.2) is 4.57 Å². The Morgan fingerprint density at radius 1 is 0.627 bits per heavy atom. The van der Waals surface area contributed by atoms with Gasteiger partial charge in [0.05, 0.1) is 25.4 Å². The van der Waals surface area contributed by atoms with Crippen molar-refractivity contribution in [3.05, 3.63) is 72.9 Å². The Hall–Kier alpha value is -2.63. The van der Waals surface area contributed by atoms with Crippen molar-refractivity contribution in [3.63, 3.8) is 0 Å². The minimum absolute atomic E-state index is 0.0219. The molecule has 0 amide bonds. The van der Waals surface area contributed by atoms with Gasteiger partial charge in [0.25, 0.3) is 0 Å². The third-order valence-corrected chi connectivity index (χ3v) is 10.3. The lowest BCUT2D eigenvalue weighted by molar-refractivity contribution is -0.161. The number of aliphatic hydroxyl groups excluding tert-OH is 2. The number of esters is 2. The van der Waals surface area contributed by atoms with Crippen LogP contribution in [0.4, 0.5) is 0 Å². The van der Waals surface area contributed by atoms with Crippen LogP contribution in [0.1, 0.15) is 168 Å². The largest absolute Gasteiger partial charge is 0.472 e. The van der Waals surface area contributed by atoms with Crippen molar-refractivity contribution in [2.24, 2.45) is 5.73 Å². The molecule has 0 rings (SSSR count). The lowest BCUT2D eigenvalue weighted by Gasteiger charge is -2.19. The van der Waals surface area contributed by atoms with Gasteiger partial charge in [0.2, 0.25) is 0 Å². The van der Waals surface area contributed by atoms with Gasteiger partial charge in [-0.05, 0) is 38.5 Å². The zero-order valence-electron chi connectivity index (χ0n) is 36.7. The van der Waals surface area contributed by atoms with Crippen LogP contribution in [-0.2, 0) is 32.7 Å². The molecule has 0 aliphatic carbocycles. The predicted octanol–water partition coefficient (Wildman–Crippen LogP) is 11.0. The Balaban J connectivity index is 4.37. The van der Waals surface area contributed by atoms with E-state index in [-0.39, 0.29) is 32.6 Å². The molecule has 1 unspecified atom stereocenters. The van der Waals surface area contributed by atoms with E-state index in [9.17, 15) is 29.3 Å². The van der Waals surface area contributed by atoms with E-state index in [4.69, 9.17) is 24.3 Å². The van der Waals surface area contributed by atoms with Gasteiger partial charge in [-0.3, -0.25) is 18.6 Å². The van der Waals surface area contributed by atoms with Crippen LogP contribution in [-0.4, -0.2) is 71.7 Å². The summed E-state index contributed by atoms with van der Waals surface area (Å²) in [4.78, 5) is 34.9. The number of nitrogens with two attached hydrogens (primary N) is 1. The fourth-order valence-corrected chi connectivity index (χ4v) is 6.67. The molecular weight excluding hydrogens is 769 g/mol. The van der Waals surface area contributed by atoms with Crippen molar-refractivity contribution in [3.8, 4) is 0 Å². The molecule has 0 fully saturated rings. The summed E-state index contributed by atoms with van der Waals surface area (Å²) in [6.45, 7) is 3.32. The molecule has 0 bridgehead atoms. The van der Waals surface area contributed by atoms with Crippen molar-refractivity contribution in [2.45, 2.75) is 186 Å². The van der Waals surface area contributed by atoms with Crippen molar-refractivity contribution < 1.29 is 47.8 Å². The monoisotopic (exact) mass is 852 g/mol. The first-order chi connectivity index (χ1) is 28.6. The summed E-state index contributed by atoms with van der Waals surface area (Å²) < 4.78 is 32.7. The Bertz CT molecular complexity index is 1230. The number of rotatable bonds is 41. The molecule has 59 heavy (non-hydrogen) atoms. The second-order valence-electron chi connectivity index (χ2n) is 14.9. The maximum Gasteiger partial charge on any atom is 0.472 e. The Labute approximate surface area is 357 Å². The molecule has 0 aliphatic rings. The van der Waals surface area contributed by atoms with Crippen LogP contribution < -0.4 is 5.73 Å². The fraction of sp³-hybridized carbons (Fsp3) is 0.702. The summed E-state index contributed by atoms with van der Waals surface area (Å²) >= 11 is 0. The van der Waals surface area contributed by atoms with Gasteiger partial charge >= 0.3 is 19.8 Å². The van der Waals surface area contributed by atoms with E-state index in [1.165, 1.54) is 83.5 Å². The summed E-state index contributed by atoms with van der Waals surface area (Å²) in [6.07, 6.45) is 44.4. The molecule has 0 heterocycles. The SMILES string of the molecule is CC/C=C\C[C@@H](O)/C=C/C=C\C/C=C\C=C\[C@@H](O)/C=C\CCCC(=O)OC[C@H](COP(=O)(O)OCCN)OC(=O)CCCCCCCCCCCCCCCCCCC. The van der Waals surface area contributed by atoms with Crippen LogP contribution in [0.2, 0.25) is 0 Å². The molecule has 0 aromatic carbocycles. The van der Waals surface area contributed by atoms with E-state index >= 15 is 0 Å². The second-order valence-corrected chi connectivity index (χ2v) is 16.4. The van der Waals surface area contributed by atoms with Crippen molar-refractivity contribution in [1.29, 1.82) is 0 Å². The van der Waals surface area contributed by atoms with Gasteiger partial charge < -0.3 is 30.3 Å². The Kier molecular flexibility index (Phi) is 40.2. The number of ether oxygens (including phenoxy) is 2. The van der Waals surface area contributed by atoms with Crippen LogP contribution in [0.5, 0.6) is 0 Å². The minimum Gasteiger partial charge on any atom is -0.462 e. The number of allylic oxidation sites excluding steroid dienone is 8. The predicted molar refractivity (Wildman–Crippen MR) is 241 cm³/mol. The summed E-state index contributed by atoms with van der Waals surface area (Å²) in [6, 6.07) is 0. The molecule has 0 radical (unpaired) electrons. The molecule has 0 saturated carbocycles. The van der Waals surface area contributed by atoms with Gasteiger partial charge in [0.15, 0.2) is 6.10 Å². The highest BCUT2D eigenvalue weighted by molar-refractivity contribution is 7.47. The van der Waals surface area contributed by atoms with Crippen LogP contribution in [0.3, 0.4) is 0 Å². The standard InChI is InChI=1S/C47H82NO10P/c1-3-5-7-8-9-10-11-12-13-14-15-16-17-18-22-25-31-38-47(52)58-45(42-57-59(53,54)56-40-39-48)41-55-46(51)37-32-26-30-36-44(50)35-29-24-21-19-20-23-28-34-43(49)33-27-6-4-2/h6,20-21,23-24,27-30,34-36,43-45,49-50H,3-5,7-19,22,25-26,31-33,37-42,48H2,1-2H3,(H,53,54)/b23-20-,24-21-,27-6-,34-28+,35-29+,36-30-/t43-,44-,45-/m1/s1. The molecule has 0 aromatic heterocycles. The van der Waals surface area contributed by atoms with Crippen LogP contribution >= 0.6 is 7.82 Å². The fourth-order valence-electron chi connectivity index (χ4n) is 5.90. The highest BCUT2D eigenvalue weighted by Crippen LogP contribution is 2.43. The average Bonchev–Trinajstić information content (AvgIpc) is 3.21. The molecule has 4 atom stereocenters. The zero-order chi connectivity index (χ0) is 43.5. The molecule has 0 aromatic rings. The van der Waals surface area contributed by atoms with Gasteiger partial charge in [-0.1, -0.05) is 189 Å². The van der Waals surface area contributed by atoms with E-state index in [0.29, 0.717) is 32.1 Å². The normalized spacial score (nSPS) is 15.0. The van der Waals surface area contributed by atoms with E-state index in [2.05, 4.69) is 13.8 Å². The van der Waals surface area contributed by atoms with Crippen LogP contribution in [0.15, 0.2) is 72.9 Å². The highest BCUT2D eigenvalue weighted by Gasteiger charge is 2.26. The first kappa shape index (κ1) is 56.4. The Morgan fingerprint density at radius 2 is 1.19 bits per heavy atom. The van der Waals surface area contributed by atoms with Gasteiger partial charge in [0, 0.05) is 19.4 Å². The summed E-state index contributed by atoms with van der Waals surface area (Å²) in [7, 11) is -4.43. The molecule has 12 heteroatoms. The number of hydrogen-bond donors (Lipinski definition) is 4. The van der Waals surface area contributed by atoms with E-state index in [1.807, 2.05) is 42.5 Å². The van der Waals surface area contributed by atoms with E-state index < -0.39 is 44.7 Å². The lowest BCUT2D eigenvalue weighted by Crippen LogP contribution is -2.29. The van der Waals surface area contributed by atoms with Gasteiger partial charge in [-0.2, -0.15) is 0 Å². The first-order valence-electron chi connectivity index (χ1n) is 22.6. The molecule has 0 saturated heterocycles. The third kappa shape index (κ3) is 41.9. The van der Waals surface area contributed by atoms with E-state index in [0.717, 1.165) is 25.7 Å². The quantitative estimate of drug-likeness (QED) is 0.0151. The van der Waals surface area contributed by atoms with Crippen LogP contribution in [0.25, 0.3) is 0 Å². The van der Waals surface area contributed by atoms with Crippen molar-refractivity contribution >= 4 is 19.8 Å². The molecule has 0 aliphatic heterocycles. The number of unbranched alkanes of at least 4 members (excludes halogenated alkanes) is 17. The third-order valence-electron chi connectivity index (χ3n) is 9.28. The van der Waals surface area contributed by atoms with Gasteiger partial charge in [-0.15, -0.1) is 0 Å². The van der Waals surface area contributed by atoms with Crippen molar-refractivity contribution in [2.75, 3.05) is 26.4 Å². The zero-order valence-corrected chi connectivity index (χ0v) is 37.6. The number of phosphoric acid groups is 1. The molecular formula is C47H82NO10P. The number of phosphoric ester groups is 1. The topological polar surface area (TPSA) is 175 Å². The molecule has 5 N–H and O–H groups in total. The highest BCUT2D eigenvalue weighted by atomic mass is 31.2. The molecule has 0 spiro atoms. The Morgan fingerprint density at radius 3 is 1.76 bits per heavy atom. The number of carbonyl (C=O) groups excluding carboxylic acids is 2. The summed E-state index contributed by atoms with van der Waals surface area (Å²) in [5, 5.41) is 20.0. The summed E-state index contributed by atoms with van der Waals surface area (Å²) in [5.41, 5.74) is 5.34. The van der Waals surface area contributed by atoms with Crippen molar-refractivity contribution in [1.82, 2.24) is 0 Å². The lowest BCUT2D eigenvalue weighted by atomic mass is 10.0. The molecule has 11 nitrogen and oxygen atoms in total. The van der Waals surface area contributed by atoms with Crippen LogP contribution in [0, 0.1) is 0 Å². The van der Waals surface area contributed by atoms with E-state index in [1.54, 1.807) is 30.4 Å². The first-order valence-corrected chi connectivity index (χ1v) is 24.1. The number of aliphatic hydroxyl groups is 2. The number of carbonyl (C=O) groups is 2. The maximum atomic E-state index is 12.6. The average molecular weight is 852 g/mol. The maximum absolute atomic E-state index is 12.6. The summed E-state index contributed by atoms with van der Waals surface area (Å²) in [5.74, 6) is -1.01. The van der Waals surface area contributed by atoms with Gasteiger partial charge in [0.1, 0.15) is 6.61 Å². The number of hydrogen-bond acceptors (Lipinski definition) is 10.